The third-order valence-corrected chi connectivity index (χ3v) is 4.61. The molecule has 2 aromatic rings. The molecule has 0 fully saturated rings. The number of carboxylic acid groups (broad SMARTS) is 1. The first-order chi connectivity index (χ1) is 16.2. The number of urea groups is 1. The van der Waals surface area contributed by atoms with E-state index < -0.39 is 48.6 Å². The van der Waals surface area contributed by atoms with Crippen molar-refractivity contribution in [3.63, 3.8) is 0 Å². The minimum atomic E-state index is -1.41. The number of rotatable bonds is 12. The number of aromatic nitrogens is 2. The normalized spacial score (nSPS) is 11.3. The predicted octanol–water partition coefficient (Wildman–Crippen LogP) is -1.84. The van der Waals surface area contributed by atoms with Crippen molar-refractivity contribution in [2.75, 3.05) is 13.1 Å². The van der Waals surface area contributed by atoms with Gasteiger partial charge in [-0.25, -0.2) is 14.4 Å². The number of carbonyl (C=O) groups excluding carboxylic acids is 2. The van der Waals surface area contributed by atoms with Gasteiger partial charge in [-0.2, -0.15) is 0 Å². The van der Waals surface area contributed by atoms with E-state index in [2.05, 4.69) is 25.9 Å². The summed E-state index contributed by atoms with van der Waals surface area (Å²) in [5, 5.41) is 26.6. The van der Waals surface area contributed by atoms with E-state index in [1.165, 1.54) is 0 Å². The first-order valence-corrected chi connectivity index (χ1v) is 10.3. The van der Waals surface area contributed by atoms with Crippen LogP contribution in [0.2, 0.25) is 0 Å². The number of nitrogens with two attached hydrogens (primary N) is 2. The second-order valence-corrected chi connectivity index (χ2v) is 7.24. The van der Waals surface area contributed by atoms with Crippen molar-refractivity contribution in [2.24, 2.45) is 16.5 Å². The lowest BCUT2D eigenvalue weighted by Crippen LogP contribution is -2.51. The number of aliphatic carboxylic acids is 1. The van der Waals surface area contributed by atoms with Crippen LogP contribution in [0.5, 0.6) is 5.88 Å². The van der Waals surface area contributed by atoms with E-state index in [0.717, 1.165) is 10.1 Å². The summed E-state index contributed by atoms with van der Waals surface area (Å²) >= 11 is 0. The van der Waals surface area contributed by atoms with Crippen LogP contribution in [0.4, 0.5) is 4.79 Å². The molecule has 0 aliphatic heterocycles. The zero-order valence-electron chi connectivity index (χ0n) is 18.3. The Balaban J connectivity index is 1.85. The number of aryl methyl sites for hydroxylation is 1. The van der Waals surface area contributed by atoms with Gasteiger partial charge >= 0.3 is 17.7 Å². The molecule has 1 aromatic heterocycles. The van der Waals surface area contributed by atoms with Gasteiger partial charge in [0.05, 0.1) is 5.69 Å². The number of nitrogens with one attached hydrogen (secondary N) is 4. The van der Waals surface area contributed by atoms with Crippen molar-refractivity contribution < 1.29 is 24.6 Å². The molecule has 1 atom stereocenters. The van der Waals surface area contributed by atoms with Gasteiger partial charge in [0.25, 0.3) is 0 Å². The Morgan fingerprint density at radius 2 is 1.85 bits per heavy atom. The Morgan fingerprint density at radius 3 is 2.50 bits per heavy atom. The molecule has 0 saturated carbocycles. The predicted molar refractivity (Wildman–Crippen MR) is 122 cm³/mol. The van der Waals surface area contributed by atoms with Gasteiger partial charge in [0.15, 0.2) is 5.96 Å². The van der Waals surface area contributed by atoms with Crippen molar-refractivity contribution >= 4 is 23.9 Å². The Labute approximate surface area is 194 Å². The molecule has 184 valence electrons. The van der Waals surface area contributed by atoms with E-state index in [4.69, 9.17) is 11.5 Å². The second-order valence-electron chi connectivity index (χ2n) is 7.24. The molecule has 1 heterocycles. The number of H-pyrrole nitrogens is 1. The summed E-state index contributed by atoms with van der Waals surface area (Å²) in [6, 6.07) is 6.87. The molecule has 0 radical (unpaired) electrons. The van der Waals surface area contributed by atoms with Crippen LogP contribution < -0.4 is 33.1 Å². The third-order valence-electron chi connectivity index (χ3n) is 4.61. The largest absolute Gasteiger partial charge is 0.493 e. The highest BCUT2D eigenvalue weighted by Crippen LogP contribution is 2.14. The smallest absolute Gasteiger partial charge is 0.329 e. The number of hydrogen-bond donors (Lipinski definition) is 8. The molecule has 0 aliphatic rings. The number of amides is 3. The Morgan fingerprint density at radius 1 is 1.15 bits per heavy atom. The van der Waals surface area contributed by atoms with Gasteiger partial charge in [-0.05, 0) is 18.4 Å². The first-order valence-electron chi connectivity index (χ1n) is 10.3. The van der Waals surface area contributed by atoms with Gasteiger partial charge in [0.1, 0.15) is 12.6 Å². The van der Waals surface area contributed by atoms with Gasteiger partial charge in [-0.15, -0.1) is 0 Å². The minimum Gasteiger partial charge on any atom is -0.493 e. The molecular formula is C20H28N8O6. The van der Waals surface area contributed by atoms with E-state index >= 15 is 0 Å². The number of guanidine groups is 1. The van der Waals surface area contributed by atoms with Crippen molar-refractivity contribution in [3.8, 4) is 5.88 Å². The van der Waals surface area contributed by atoms with Crippen LogP contribution in [-0.2, 0) is 29.1 Å². The number of carboxylic acids is 1. The molecule has 1 aromatic carbocycles. The van der Waals surface area contributed by atoms with Crippen molar-refractivity contribution in [1.29, 1.82) is 0 Å². The van der Waals surface area contributed by atoms with Crippen LogP contribution >= 0.6 is 0 Å². The summed E-state index contributed by atoms with van der Waals surface area (Å²) in [4.78, 5) is 54.0. The summed E-state index contributed by atoms with van der Waals surface area (Å²) in [7, 11) is 0. The average Bonchev–Trinajstić information content (AvgIpc) is 3.06. The van der Waals surface area contributed by atoms with Gasteiger partial charge < -0.3 is 42.6 Å². The molecular weight excluding hydrogens is 448 g/mol. The molecule has 10 N–H and O–H groups in total. The third kappa shape index (κ3) is 8.22. The van der Waals surface area contributed by atoms with E-state index in [1.807, 2.05) is 6.07 Å². The lowest BCUT2D eigenvalue weighted by Gasteiger charge is -2.16. The number of aromatic amines is 1. The lowest BCUT2D eigenvalue weighted by atomic mass is 10.2. The van der Waals surface area contributed by atoms with Crippen LogP contribution in [0, 0.1) is 0 Å². The zero-order valence-corrected chi connectivity index (χ0v) is 18.3. The molecule has 0 saturated heterocycles. The van der Waals surface area contributed by atoms with Crippen LogP contribution in [0.25, 0.3) is 0 Å². The second kappa shape index (κ2) is 12.5. The monoisotopic (exact) mass is 476 g/mol. The number of aromatic hydroxyl groups is 1. The number of nitrogens with zero attached hydrogens (tertiary/aromatic N) is 2. The van der Waals surface area contributed by atoms with E-state index in [-0.39, 0.29) is 31.2 Å². The molecule has 2 rings (SSSR count). The maximum atomic E-state index is 12.2. The highest BCUT2D eigenvalue weighted by Gasteiger charge is 2.22. The molecule has 3 amide bonds. The average molecular weight is 476 g/mol. The topological polar surface area (TPSA) is 230 Å². The van der Waals surface area contributed by atoms with Crippen molar-refractivity contribution in [3.05, 3.63) is 52.1 Å². The molecule has 14 heteroatoms. The van der Waals surface area contributed by atoms with E-state index in [0.29, 0.717) is 6.42 Å². The van der Waals surface area contributed by atoms with E-state index in [1.54, 1.807) is 24.3 Å². The number of hydrogen-bond acceptors (Lipinski definition) is 6. The van der Waals surface area contributed by atoms with Crippen molar-refractivity contribution in [2.45, 2.75) is 32.0 Å². The highest BCUT2D eigenvalue weighted by molar-refractivity contribution is 5.83. The molecule has 0 aliphatic carbocycles. The summed E-state index contributed by atoms with van der Waals surface area (Å²) < 4.78 is 0.807. The fraction of sp³-hybridized carbons (Fsp3) is 0.350. The molecule has 0 bridgehead atoms. The van der Waals surface area contributed by atoms with Crippen LogP contribution in [0.3, 0.4) is 0 Å². The zero-order chi connectivity index (χ0) is 25.1. The SMILES string of the molecule is NC(N)=NCCCc1[nH]c(=O)n(CC(=O)NCC(NC(=O)NCc2ccccc2)C(=O)O)c1O. The standard InChI is InChI=1S/C20H28N8O6/c21-18(22)23-8-4-7-13-16(30)28(20(34)27-13)11-15(29)24-10-14(17(31)32)26-19(33)25-9-12-5-2-1-3-6-12/h1-3,5-6,14,30H,4,7-11H2,(H,24,29)(H,27,34)(H,31,32)(H4,21,22,23)(H2,25,26,33). The van der Waals surface area contributed by atoms with E-state index in [9.17, 15) is 29.4 Å². The molecule has 1 unspecified atom stereocenters. The number of imidazole rings is 1. The fourth-order valence-electron chi connectivity index (χ4n) is 2.90. The lowest BCUT2D eigenvalue weighted by molar-refractivity contribution is -0.139. The first kappa shape index (κ1) is 25.8. The number of aliphatic imine (C=N–C) groups is 1. The Kier molecular flexibility index (Phi) is 9.49. The summed E-state index contributed by atoms with van der Waals surface area (Å²) in [6.07, 6.45) is 0.700. The quantitative estimate of drug-likeness (QED) is 0.0982. The minimum absolute atomic E-state index is 0.0743. The maximum Gasteiger partial charge on any atom is 0.329 e. The fourth-order valence-corrected chi connectivity index (χ4v) is 2.90. The highest BCUT2D eigenvalue weighted by atomic mass is 16.4. The van der Waals surface area contributed by atoms with Gasteiger partial charge in [-0.3, -0.25) is 14.4 Å². The summed E-state index contributed by atoms with van der Waals surface area (Å²) in [5.41, 5.74) is 10.8. The Bertz CT molecular complexity index is 1070. The van der Waals surface area contributed by atoms with Crippen LogP contribution in [-0.4, -0.2) is 62.8 Å². The van der Waals surface area contributed by atoms with Crippen LogP contribution in [0.1, 0.15) is 17.7 Å². The van der Waals surface area contributed by atoms with Crippen LogP contribution in [0.15, 0.2) is 40.1 Å². The maximum absolute atomic E-state index is 12.2. The molecule has 0 spiro atoms. The van der Waals surface area contributed by atoms with Gasteiger partial charge in [0, 0.05) is 19.6 Å². The molecule has 14 nitrogen and oxygen atoms in total. The van der Waals surface area contributed by atoms with Gasteiger partial charge in [0.2, 0.25) is 11.8 Å². The summed E-state index contributed by atoms with van der Waals surface area (Å²) in [5.74, 6) is -2.59. The number of benzene rings is 1. The number of carbonyl (C=O) groups is 3. The Hall–Kier alpha value is -4.49. The van der Waals surface area contributed by atoms with Gasteiger partial charge in [-0.1, -0.05) is 30.3 Å². The summed E-state index contributed by atoms with van der Waals surface area (Å²) in [6.45, 7) is -0.507. The molecule has 34 heavy (non-hydrogen) atoms. The van der Waals surface area contributed by atoms with Crippen molar-refractivity contribution in [1.82, 2.24) is 25.5 Å².